The Labute approximate surface area is 156 Å². The summed E-state index contributed by atoms with van der Waals surface area (Å²) in [5.41, 5.74) is 6.59. The van der Waals surface area contributed by atoms with E-state index in [4.69, 9.17) is 5.73 Å². The molecule has 1 heterocycles. The van der Waals surface area contributed by atoms with Crippen LogP contribution >= 0.6 is 24.8 Å². The Kier molecular flexibility index (Phi) is 9.71. The first-order valence-electron chi connectivity index (χ1n) is 7.29. The van der Waals surface area contributed by atoms with Crippen molar-refractivity contribution in [3.63, 3.8) is 0 Å². The van der Waals surface area contributed by atoms with E-state index in [1.807, 2.05) is 6.07 Å². The van der Waals surface area contributed by atoms with Gasteiger partial charge in [0.1, 0.15) is 6.04 Å². The first-order valence-corrected chi connectivity index (χ1v) is 7.29. The van der Waals surface area contributed by atoms with Crippen LogP contribution < -0.4 is 5.73 Å². The van der Waals surface area contributed by atoms with Gasteiger partial charge in [0.2, 0.25) is 5.91 Å². The van der Waals surface area contributed by atoms with E-state index in [1.165, 1.54) is 9.80 Å². The molecule has 144 valence electrons. The highest BCUT2D eigenvalue weighted by Crippen LogP contribution is 2.24. The predicted octanol–water partition coefficient (Wildman–Crippen LogP) is 2.57. The molecule has 1 fully saturated rings. The third-order valence-electron chi connectivity index (χ3n) is 3.86. The molecular weight excluding hydrogens is 385 g/mol. The number of halogens is 6. The number of piperazine rings is 1. The molecule has 0 spiro atoms. The zero-order valence-electron chi connectivity index (χ0n) is 13.3. The number of hydrogen-bond donors (Lipinski definition) is 1. The maximum Gasteiger partial charge on any atom is 0.319 e. The van der Waals surface area contributed by atoms with Crippen LogP contribution in [0.5, 0.6) is 0 Å². The zero-order valence-corrected chi connectivity index (χ0v) is 14.9. The fourth-order valence-corrected chi connectivity index (χ4v) is 2.49. The molecule has 0 bridgehead atoms. The summed E-state index contributed by atoms with van der Waals surface area (Å²) in [5.74, 6) is -4.33. The van der Waals surface area contributed by atoms with Crippen molar-refractivity contribution in [2.24, 2.45) is 5.73 Å². The van der Waals surface area contributed by atoms with E-state index in [0.717, 1.165) is 0 Å². The second-order valence-electron chi connectivity index (χ2n) is 5.55. The molecule has 2 rings (SSSR count). The topological polar surface area (TPSA) is 49.6 Å². The van der Waals surface area contributed by atoms with Crippen LogP contribution in [-0.4, -0.2) is 60.8 Å². The van der Waals surface area contributed by atoms with Gasteiger partial charge in [-0.1, -0.05) is 30.3 Å². The van der Waals surface area contributed by atoms with Gasteiger partial charge in [-0.25, -0.2) is 8.78 Å². The van der Waals surface area contributed by atoms with Crippen molar-refractivity contribution in [2.75, 3.05) is 32.7 Å². The molecule has 1 aromatic rings. The molecule has 2 N–H and O–H groups in total. The number of rotatable bonds is 5. The van der Waals surface area contributed by atoms with Gasteiger partial charge in [0, 0.05) is 26.2 Å². The van der Waals surface area contributed by atoms with Crippen LogP contribution in [0.3, 0.4) is 0 Å². The summed E-state index contributed by atoms with van der Waals surface area (Å²) in [7, 11) is 0. The van der Waals surface area contributed by atoms with Gasteiger partial charge < -0.3 is 10.6 Å². The standard InChI is InChI=1S/C15H19F4N3O.2ClH/c16-14(17)15(18,19)10-21-6-8-22(9-7-21)13(23)12(20)11-4-2-1-3-5-11;;/h1-5,12,14H,6-10,20H2;2*1H. The van der Waals surface area contributed by atoms with Crippen LogP contribution in [0.4, 0.5) is 17.6 Å². The highest BCUT2D eigenvalue weighted by Gasteiger charge is 2.42. The lowest BCUT2D eigenvalue weighted by molar-refractivity contribution is -0.148. The van der Waals surface area contributed by atoms with Crippen molar-refractivity contribution in [3.8, 4) is 0 Å². The maximum absolute atomic E-state index is 13.0. The van der Waals surface area contributed by atoms with E-state index in [1.54, 1.807) is 24.3 Å². The van der Waals surface area contributed by atoms with Crippen LogP contribution in [0, 0.1) is 0 Å². The quantitative estimate of drug-likeness (QED) is 0.765. The second kappa shape index (κ2) is 10.2. The van der Waals surface area contributed by atoms with Crippen LogP contribution in [0.1, 0.15) is 11.6 Å². The van der Waals surface area contributed by atoms with Gasteiger partial charge in [-0.15, -0.1) is 24.8 Å². The number of carbonyl (C=O) groups is 1. The van der Waals surface area contributed by atoms with Crippen molar-refractivity contribution < 1.29 is 22.4 Å². The third-order valence-corrected chi connectivity index (χ3v) is 3.86. The average Bonchev–Trinajstić information content (AvgIpc) is 2.54. The van der Waals surface area contributed by atoms with E-state index < -0.39 is 24.9 Å². The lowest BCUT2D eigenvalue weighted by Crippen LogP contribution is -2.54. The zero-order chi connectivity index (χ0) is 17.0. The van der Waals surface area contributed by atoms with Gasteiger partial charge in [-0.3, -0.25) is 9.69 Å². The van der Waals surface area contributed by atoms with Crippen molar-refractivity contribution in [2.45, 2.75) is 18.4 Å². The number of hydrogen-bond acceptors (Lipinski definition) is 3. The van der Waals surface area contributed by atoms with Gasteiger partial charge >= 0.3 is 12.3 Å². The molecule has 0 aromatic heterocycles. The minimum atomic E-state index is -4.04. The van der Waals surface area contributed by atoms with Crippen molar-refractivity contribution >= 4 is 30.7 Å². The van der Waals surface area contributed by atoms with E-state index in [9.17, 15) is 22.4 Å². The largest absolute Gasteiger partial charge is 0.338 e. The molecule has 4 nitrogen and oxygen atoms in total. The average molecular weight is 406 g/mol. The third kappa shape index (κ3) is 6.29. The SMILES string of the molecule is Cl.Cl.NC(C(=O)N1CCN(CC(F)(F)C(F)F)CC1)c1ccccc1. The van der Waals surface area contributed by atoms with E-state index in [-0.39, 0.29) is 56.9 Å². The number of carbonyl (C=O) groups excluding carboxylic acids is 1. The van der Waals surface area contributed by atoms with Gasteiger partial charge in [0.25, 0.3) is 0 Å². The van der Waals surface area contributed by atoms with Gasteiger partial charge in [0.05, 0.1) is 6.54 Å². The van der Waals surface area contributed by atoms with Gasteiger partial charge in [-0.05, 0) is 5.56 Å². The Hall–Kier alpha value is -1.09. The van der Waals surface area contributed by atoms with Gasteiger partial charge in [0.15, 0.2) is 0 Å². The summed E-state index contributed by atoms with van der Waals surface area (Å²) in [4.78, 5) is 15.0. The lowest BCUT2D eigenvalue weighted by Gasteiger charge is -2.37. The summed E-state index contributed by atoms with van der Waals surface area (Å²) in [6.07, 6.45) is -3.69. The van der Waals surface area contributed by atoms with E-state index in [0.29, 0.717) is 5.56 Å². The number of nitrogens with zero attached hydrogens (tertiary/aromatic N) is 2. The van der Waals surface area contributed by atoms with Crippen LogP contribution in [0.25, 0.3) is 0 Å². The Morgan fingerprint density at radius 3 is 2.08 bits per heavy atom. The summed E-state index contributed by atoms with van der Waals surface area (Å²) < 4.78 is 50.5. The molecule has 1 aromatic carbocycles. The fourth-order valence-electron chi connectivity index (χ4n) is 2.49. The Morgan fingerprint density at radius 2 is 1.60 bits per heavy atom. The van der Waals surface area contributed by atoms with Gasteiger partial charge in [-0.2, -0.15) is 8.78 Å². The van der Waals surface area contributed by atoms with Crippen LogP contribution in [0.2, 0.25) is 0 Å². The molecule has 1 saturated heterocycles. The minimum absolute atomic E-state index is 0. The summed E-state index contributed by atoms with van der Waals surface area (Å²) >= 11 is 0. The van der Waals surface area contributed by atoms with Crippen molar-refractivity contribution in [1.82, 2.24) is 9.80 Å². The lowest BCUT2D eigenvalue weighted by atomic mass is 10.1. The monoisotopic (exact) mass is 405 g/mol. The summed E-state index contributed by atoms with van der Waals surface area (Å²) in [6, 6.07) is 8.01. The normalized spacial score (nSPS) is 16.8. The summed E-state index contributed by atoms with van der Waals surface area (Å²) in [6.45, 7) is -0.375. The molecule has 1 amide bonds. The molecule has 1 aliphatic heterocycles. The number of nitrogens with two attached hydrogens (primary N) is 1. The first-order chi connectivity index (χ1) is 10.8. The minimum Gasteiger partial charge on any atom is -0.338 e. The second-order valence-corrected chi connectivity index (χ2v) is 5.55. The number of alkyl halides is 4. The van der Waals surface area contributed by atoms with Crippen LogP contribution in [0.15, 0.2) is 30.3 Å². The Balaban J connectivity index is 0.00000288. The molecular formula is C15H21Cl2F4N3O. The highest BCUT2D eigenvalue weighted by atomic mass is 35.5. The first kappa shape index (κ1) is 23.9. The molecule has 1 unspecified atom stereocenters. The fraction of sp³-hybridized carbons (Fsp3) is 0.533. The van der Waals surface area contributed by atoms with E-state index in [2.05, 4.69) is 0 Å². The van der Waals surface area contributed by atoms with E-state index >= 15 is 0 Å². The molecule has 0 saturated carbocycles. The Morgan fingerprint density at radius 1 is 1.08 bits per heavy atom. The number of benzene rings is 1. The predicted molar refractivity (Wildman–Crippen MR) is 91.8 cm³/mol. The molecule has 10 heteroatoms. The maximum atomic E-state index is 13.0. The molecule has 1 atom stereocenters. The van der Waals surface area contributed by atoms with Crippen molar-refractivity contribution in [1.29, 1.82) is 0 Å². The number of amides is 1. The Bertz CT molecular complexity index is 529. The molecule has 0 aliphatic carbocycles. The summed E-state index contributed by atoms with van der Waals surface area (Å²) in [5, 5.41) is 0. The smallest absolute Gasteiger partial charge is 0.319 e. The highest BCUT2D eigenvalue weighted by molar-refractivity contribution is 5.85. The van der Waals surface area contributed by atoms with Crippen molar-refractivity contribution in [3.05, 3.63) is 35.9 Å². The molecule has 25 heavy (non-hydrogen) atoms. The molecule has 0 radical (unpaired) electrons. The molecule has 1 aliphatic rings. The van der Waals surface area contributed by atoms with Crippen LogP contribution in [-0.2, 0) is 4.79 Å².